The van der Waals surface area contributed by atoms with Crippen LogP contribution in [0, 0.1) is 34.3 Å². The zero-order valence-corrected chi connectivity index (χ0v) is 17.4. The summed E-state index contributed by atoms with van der Waals surface area (Å²) in [4.78, 5) is 16.1. The predicted octanol–water partition coefficient (Wildman–Crippen LogP) is 3.82. The summed E-state index contributed by atoms with van der Waals surface area (Å²) < 4.78 is 67.0. The van der Waals surface area contributed by atoms with Crippen LogP contribution in [0.4, 0.5) is 27.6 Å². The third-order valence-electron chi connectivity index (χ3n) is 6.63. The lowest BCUT2D eigenvalue weighted by atomic mass is 9.74. The van der Waals surface area contributed by atoms with Crippen molar-refractivity contribution in [2.24, 2.45) is 11.3 Å². The van der Waals surface area contributed by atoms with E-state index in [4.69, 9.17) is 5.26 Å². The Morgan fingerprint density at radius 3 is 2.55 bits per heavy atom. The molecule has 0 unspecified atom stereocenters. The third kappa shape index (κ3) is 4.13. The molecular formula is C23H20F5N3O2. The summed E-state index contributed by atoms with van der Waals surface area (Å²) in [6.45, 7) is 0.748. The molecule has 0 aliphatic carbocycles. The highest BCUT2D eigenvalue weighted by Gasteiger charge is 2.50. The number of amides is 1. The third-order valence-corrected chi connectivity index (χ3v) is 6.63. The lowest BCUT2D eigenvalue weighted by Crippen LogP contribution is -2.52. The molecule has 2 saturated heterocycles. The molecule has 0 radical (unpaired) electrons. The van der Waals surface area contributed by atoms with Gasteiger partial charge in [0.15, 0.2) is 11.6 Å². The fourth-order valence-corrected chi connectivity index (χ4v) is 4.85. The summed E-state index contributed by atoms with van der Waals surface area (Å²) in [7, 11) is 0. The molecule has 2 aliphatic heterocycles. The number of nitriles is 1. The van der Waals surface area contributed by atoms with Crippen molar-refractivity contribution in [1.82, 2.24) is 4.90 Å². The molecule has 2 aromatic carbocycles. The molecule has 1 N–H and O–H groups in total. The average Bonchev–Trinajstić information content (AvgIpc) is 3.19. The zero-order chi connectivity index (χ0) is 24.0. The first kappa shape index (κ1) is 23.0. The number of aliphatic hydroxyl groups is 1. The van der Waals surface area contributed by atoms with Gasteiger partial charge in [0.2, 0.25) is 0 Å². The minimum atomic E-state index is -4.68. The molecular weight excluding hydrogens is 445 g/mol. The quantitative estimate of drug-likeness (QED) is 0.700. The van der Waals surface area contributed by atoms with Gasteiger partial charge in [0.25, 0.3) is 5.91 Å². The first-order valence-electron chi connectivity index (χ1n) is 10.3. The number of halogens is 5. The maximum Gasteiger partial charge on any atom is 0.417 e. The molecule has 2 aliphatic rings. The van der Waals surface area contributed by atoms with Gasteiger partial charge >= 0.3 is 6.18 Å². The summed E-state index contributed by atoms with van der Waals surface area (Å²) in [5.41, 5.74) is -2.01. The maximum atomic E-state index is 13.6. The van der Waals surface area contributed by atoms with Gasteiger partial charge in [0.05, 0.1) is 23.8 Å². The van der Waals surface area contributed by atoms with Crippen LogP contribution in [0.25, 0.3) is 0 Å². The number of carbonyl (C=O) groups excluding carboxylic acids is 1. The lowest BCUT2D eigenvalue weighted by Gasteiger charge is -2.43. The van der Waals surface area contributed by atoms with Crippen LogP contribution in [0.5, 0.6) is 0 Å². The summed E-state index contributed by atoms with van der Waals surface area (Å²) in [5, 5.41) is 19.3. The van der Waals surface area contributed by atoms with E-state index >= 15 is 0 Å². The molecule has 0 spiro atoms. The summed E-state index contributed by atoms with van der Waals surface area (Å²) >= 11 is 0. The monoisotopic (exact) mass is 465 g/mol. The number of rotatable bonds is 3. The summed E-state index contributed by atoms with van der Waals surface area (Å²) in [5.74, 6) is -2.79. The number of hydrogen-bond donors (Lipinski definition) is 1. The van der Waals surface area contributed by atoms with Crippen LogP contribution in [0.3, 0.4) is 0 Å². The predicted molar refractivity (Wildman–Crippen MR) is 108 cm³/mol. The lowest BCUT2D eigenvalue weighted by molar-refractivity contribution is -0.137. The van der Waals surface area contributed by atoms with E-state index in [-0.39, 0.29) is 36.9 Å². The van der Waals surface area contributed by atoms with E-state index in [9.17, 15) is 31.9 Å². The zero-order valence-electron chi connectivity index (χ0n) is 17.4. The van der Waals surface area contributed by atoms with E-state index < -0.39 is 40.3 Å². The SMILES string of the molecule is N#Cc1ccc(N2C[C@@H]3CCN(C(=O)c4ccc(F)c(F)c4)C[C@]3(CO)C2)cc1C(F)(F)F. The number of aliphatic hydroxyl groups excluding tert-OH is 1. The van der Waals surface area contributed by atoms with Gasteiger partial charge in [0.1, 0.15) is 0 Å². The molecule has 4 rings (SSSR count). The van der Waals surface area contributed by atoms with Gasteiger partial charge in [-0.25, -0.2) is 8.78 Å². The number of nitrogens with zero attached hydrogens (tertiary/aromatic N) is 3. The van der Waals surface area contributed by atoms with Crippen molar-refractivity contribution < 1.29 is 31.9 Å². The van der Waals surface area contributed by atoms with Crippen molar-refractivity contribution in [3.8, 4) is 6.07 Å². The maximum absolute atomic E-state index is 13.6. The fourth-order valence-electron chi connectivity index (χ4n) is 4.85. The van der Waals surface area contributed by atoms with Crippen LogP contribution in [-0.4, -0.2) is 48.7 Å². The highest BCUT2D eigenvalue weighted by Crippen LogP contribution is 2.44. The number of anilines is 1. The van der Waals surface area contributed by atoms with Crippen molar-refractivity contribution in [2.75, 3.05) is 37.7 Å². The standard InChI is InChI=1S/C23H20F5N3O2/c24-19-4-2-14(7-20(19)25)21(33)30-6-5-16-10-31(12-22(16,11-30)13-32)17-3-1-15(9-29)18(8-17)23(26,27)28/h1-4,7-8,16,32H,5-6,10-13H2/t16-,22+/m0/s1. The molecule has 2 heterocycles. The minimum absolute atomic E-state index is 0.0165. The number of likely N-dealkylation sites (tertiary alicyclic amines) is 1. The Morgan fingerprint density at radius 1 is 1.15 bits per heavy atom. The second-order valence-electron chi connectivity index (χ2n) is 8.58. The van der Waals surface area contributed by atoms with E-state index in [0.717, 1.165) is 24.3 Å². The Morgan fingerprint density at radius 2 is 1.91 bits per heavy atom. The first-order chi connectivity index (χ1) is 15.6. The molecule has 0 saturated carbocycles. The molecule has 0 bridgehead atoms. The van der Waals surface area contributed by atoms with Gasteiger partial charge in [-0.05, 0) is 48.7 Å². The van der Waals surface area contributed by atoms with Gasteiger partial charge in [-0.1, -0.05) is 0 Å². The van der Waals surface area contributed by atoms with E-state index in [1.165, 1.54) is 17.0 Å². The summed E-state index contributed by atoms with van der Waals surface area (Å²) in [6, 6.07) is 7.95. The smallest absolute Gasteiger partial charge is 0.396 e. The van der Waals surface area contributed by atoms with Crippen molar-refractivity contribution in [3.63, 3.8) is 0 Å². The van der Waals surface area contributed by atoms with Crippen molar-refractivity contribution in [3.05, 3.63) is 64.7 Å². The van der Waals surface area contributed by atoms with Crippen LogP contribution in [0.1, 0.15) is 27.9 Å². The van der Waals surface area contributed by atoms with Crippen LogP contribution < -0.4 is 4.90 Å². The van der Waals surface area contributed by atoms with E-state index in [1.807, 2.05) is 0 Å². The minimum Gasteiger partial charge on any atom is -0.396 e. The van der Waals surface area contributed by atoms with Gasteiger partial charge < -0.3 is 14.9 Å². The van der Waals surface area contributed by atoms with Crippen LogP contribution in [-0.2, 0) is 6.18 Å². The highest BCUT2D eigenvalue weighted by atomic mass is 19.4. The Kier molecular flexibility index (Phi) is 5.78. The van der Waals surface area contributed by atoms with E-state index in [2.05, 4.69) is 0 Å². The largest absolute Gasteiger partial charge is 0.417 e. The normalized spacial score (nSPS) is 22.8. The second kappa shape index (κ2) is 8.30. The number of fused-ring (bicyclic) bond motifs is 1. The molecule has 2 aromatic rings. The molecule has 2 atom stereocenters. The van der Waals surface area contributed by atoms with E-state index in [0.29, 0.717) is 19.5 Å². The molecule has 2 fully saturated rings. The van der Waals surface area contributed by atoms with Gasteiger partial charge in [-0.2, -0.15) is 18.4 Å². The fraction of sp³-hybridized carbons (Fsp3) is 0.391. The van der Waals surface area contributed by atoms with Crippen molar-refractivity contribution >= 4 is 11.6 Å². The van der Waals surface area contributed by atoms with Gasteiger partial charge in [0, 0.05) is 42.8 Å². The molecule has 5 nitrogen and oxygen atoms in total. The molecule has 33 heavy (non-hydrogen) atoms. The summed E-state index contributed by atoms with van der Waals surface area (Å²) in [6.07, 6.45) is -4.19. The Bertz CT molecular complexity index is 1130. The first-order valence-corrected chi connectivity index (χ1v) is 10.3. The van der Waals surface area contributed by atoms with Crippen molar-refractivity contribution in [1.29, 1.82) is 5.26 Å². The number of hydrogen-bond acceptors (Lipinski definition) is 4. The Labute approximate surface area is 186 Å². The highest BCUT2D eigenvalue weighted by molar-refractivity contribution is 5.94. The Hall–Kier alpha value is -3.19. The van der Waals surface area contributed by atoms with Crippen LogP contribution in [0.2, 0.25) is 0 Å². The van der Waals surface area contributed by atoms with Gasteiger partial charge in [-0.15, -0.1) is 0 Å². The van der Waals surface area contributed by atoms with Crippen LogP contribution in [0.15, 0.2) is 36.4 Å². The van der Waals surface area contributed by atoms with E-state index in [1.54, 1.807) is 11.0 Å². The molecule has 0 aromatic heterocycles. The van der Waals surface area contributed by atoms with Crippen LogP contribution >= 0.6 is 0 Å². The molecule has 1 amide bonds. The average molecular weight is 465 g/mol. The molecule has 174 valence electrons. The number of piperidine rings is 1. The Balaban J connectivity index is 1.58. The number of benzene rings is 2. The topological polar surface area (TPSA) is 67.6 Å². The second-order valence-corrected chi connectivity index (χ2v) is 8.58. The molecule has 10 heteroatoms. The number of alkyl halides is 3. The number of carbonyl (C=O) groups is 1. The van der Waals surface area contributed by atoms with Gasteiger partial charge in [-0.3, -0.25) is 4.79 Å². The van der Waals surface area contributed by atoms with Crippen molar-refractivity contribution in [2.45, 2.75) is 12.6 Å².